The van der Waals surface area contributed by atoms with Crippen molar-refractivity contribution in [3.05, 3.63) is 42.1 Å². The summed E-state index contributed by atoms with van der Waals surface area (Å²) >= 11 is 0. The molecule has 2 heterocycles. The van der Waals surface area contributed by atoms with Crippen LogP contribution in [0.5, 0.6) is 5.75 Å². The number of hydrogen-bond acceptors (Lipinski definition) is 6. The molecule has 9 heteroatoms. The Morgan fingerprint density at radius 3 is 2.90 bits per heavy atom. The monoisotopic (exact) mass is 398 g/mol. The van der Waals surface area contributed by atoms with Crippen molar-refractivity contribution in [2.24, 2.45) is 0 Å². The first kappa shape index (κ1) is 20.2. The third-order valence-corrected chi connectivity index (χ3v) is 4.65. The molecule has 1 saturated heterocycles. The predicted octanol–water partition coefficient (Wildman–Crippen LogP) is 1.50. The number of hydrogen-bond donors (Lipinski definition) is 2. The number of amides is 2. The van der Waals surface area contributed by atoms with Gasteiger partial charge in [0, 0.05) is 19.2 Å². The highest BCUT2D eigenvalue weighted by molar-refractivity contribution is 5.77. The number of carbonyl (C=O) groups is 2. The van der Waals surface area contributed by atoms with Crippen molar-refractivity contribution < 1.29 is 23.8 Å². The zero-order chi connectivity index (χ0) is 20.8. The van der Waals surface area contributed by atoms with Gasteiger partial charge in [-0.2, -0.15) is 5.26 Å². The van der Waals surface area contributed by atoms with Crippen molar-refractivity contribution in [2.75, 3.05) is 25.0 Å². The number of carbonyl (C=O) groups excluding carboxylic acids is 2. The van der Waals surface area contributed by atoms with Crippen LogP contribution in [0.15, 0.2) is 36.5 Å². The average Bonchev–Trinajstić information content (AvgIpc) is 2.75. The maximum absolute atomic E-state index is 14.5. The number of benzene rings is 1. The summed E-state index contributed by atoms with van der Waals surface area (Å²) in [4.78, 5) is 27.4. The van der Waals surface area contributed by atoms with E-state index < -0.39 is 24.8 Å². The van der Waals surface area contributed by atoms with Crippen LogP contribution in [0.3, 0.4) is 0 Å². The number of likely N-dealkylation sites (tertiary alicyclic amines) is 1. The van der Waals surface area contributed by atoms with Crippen molar-refractivity contribution in [1.82, 2.24) is 9.88 Å². The van der Waals surface area contributed by atoms with E-state index in [9.17, 15) is 19.2 Å². The van der Waals surface area contributed by atoms with Crippen LogP contribution in [0.25, 0.3) is 11.1 Å². The summed E-state index contributed by atoms with van der Waals surface area (Å²) in [7, 11) is 0. The van der Waals surface area contributed by atoms with Gasteiger partial charge in [0.25, 0.3) is 0 Å². The van der Waals surface area contributed by atoms with Crippen LogP contribution in [-0.2, 0) is 9.59 Å². The van der Waals surface area contributed by atoms with Gasteiger partial charge >= 0.3 is 0 Å². The number of aliphatic hydroxyl groups excluding tert-OH is 1. The number of anilines is 1. The summed E-state index contributed by atoms with van der Waals surface area (Å²) in [5.41, 5.74) is 1.70. The lowest BCUT2D eigenvalue weighted by atomic mass is 10.0. The van der Waals surface area contributed by atoms with Crippen LogP contribution in [0.1, 0.15) is 12.0 Å². The minimum absolute atomic E-state index is 0.159. The number of nitrogens with one attached hydrogen (secondary N) is 1. The highest BCUT2D eigenvalue weighted by Crippen LogP contribution is 2.29. The van der Waals surface area contributed by atoms with E-state index in [0.717, 1.165) is 5.56 Å². The molecule has 2 aromatic rings. The molecule has 150 valence electrons. The number of halogens is 1. The zero-order valence-corrected chi connectivity index (χ0v) is 15.4. The van der Waals surface area contributed by atoms with Gasteiger partial charge in [0.1, 0.15) is 30.3 Å². The number of piperidine rings is 1. The average molecular weight is 398 g/mol. The van der Waals surface area contributed by atoms with Gasteiger partial charge in [-0.05, 0) is 35.4 Å². The topological polar surface area (TPSA) is 116 Å². The van der Waals surface area contributed by atoms with E-state index in [1.165, 1.54) is 11.1 Å². The molecule has 0 bridgehead atoms. The van der Waals surface area contributed by atoms with Gasteiger partial charge in [0.2, 0.25) is 12.3 Å². The second-order valence-electron chi connectivity index (χ2n) is 6.47. The largest absolute Gasteiger partial charge is 0.486 e. The molecule has 1 aromatic heterocycles. The fourth-order valence-corrected chi connectivity index (χ4v) is 3.15. The number of rotatable bonds is 6. The summed E-state index contributed by atoms with van der Waals surface area (Å²) in [6.45, 7) is -0.543. The van der Waals surface area contributed by atoms with E-state index in [0.29, 0.717) is 17.8 Å². The van der Waals surface area contributed by atoms with Crippen LogP contribution >= 0.6 is 0 Å². The highest BCUT2D eigenvalue weighted by Gasteiger charge is 2.33. The first-order valence-corrected chi connectivity index (χ1v) is 8.96. The number of aliphatic hydroxyl groups is 1. The fraction of sp³-hybridized carbons (Fsp3) is 0.300. The van der Waals surface area contributed by atoms with Crippen LogP contribution in [0.2, 0.25) is 0 Å². The third-order valence-electron chi connectivity index (χ3n) is 4.65. The minimum Gasteiger partial charge on any atom is -0.486 e. The predicted molar refractivity (Wildman–Crippen MR) is 102 cm³/mol. The van der Waals surface area contributed by atoms with E-state index in [1.54, 1.807) is 30.3 Å². The molecule has 0 spiro atoms. The van der Waals surface area contributed by atoms with Crippen molar-refractivity contribution in [2.45, 2.75) is 18.7 Å². The first-order chi connectivity index (χ1) is 14.0. The Balaban J connectivity index is 1.76. The van der Waals surface area contributed by atoms with Gasteiger partial charge in [0.05, 0.1) is 12.1 Å². The van der Waals surface area contributed by atoms with Crippen LogP contribution in [0.4, 0.5) is 10.2 Å². The molecule has 2 amide bonds. The lowest BCUT2D eigenvalue weighted by Gasteiger charge is -2.34. The summed E-state index contributed by atoms with van der Waals surface area (Å²) < 4.78 is 20.2. The van der Waals surface area contributed by atoms with Gasteiger partial charge in [-0.1, -0.05) is 6.07 Å². The lowest BCUT2D eigenvalue weighted by molar-refractivity contribution is -0.138. The maximum Gasteiger partial charge on any atom is 0.248 e. The van der Waals surface area contributed by atoms with Gasteiger partial charge < -0.3 is 20.1 Å². The Hall–Kier alpha value is -3.51. The molecular formula is C20H19FN4O4. The quantitative estimate of drug-likeness (QED) is 0.713. The van der Waals surface area contributed by atoms with E-state index >= 15 is 0 Å². The van der Waals surface area contributed by atoms with E-state index in [4.69, 9.17) is 9.84 Å². The third kappa shape index (κ3) is 4.67. The van der Waals surface area contributed by atoms with E-state index in [1.807, 2.05) is 0 Å². The van der Waals surface area contributed by atoms with Crippen LogP contribution in [-0.4, -0.2) is 59.3 Å². The van der Waals surface area contributed by atoms with Crippen molar-refractivity contribution in [3.63, 3.8) is 0 Å². The number of pyridine rings is 1. The summed E-state index contributed by atoms with van der Waals surface area (Å²) in [6.07, 6.45) is 0.0937. The number of alkyl halides is 1. The Labute approximate surface area is 166 Å². The molecule has 8 nitrogen and oxygen atoms in total. The number of nitriles is 1. The highest BCUT2D eigenvalue weighted by atomic mass is 19.1. The maximum atomic E-state index is 14.5. The molecule has 1 fully saturated rings. The minimum atomic E-state index is -1.43. The molecule has 2 N–H and O–H groups in total. The smallest absolute Gasteiger partial charge is 0.248 e. The normalized spacial score (nSPS) is 18.6. The van der Waals surface area contributed by atoms with Gasteiger partial charge in [-0.15, -0.1) is 0 Å². The number of aromatic nitrogens is 1. The van der Waals surface area contributed by atoms with Crippen LogP contribution in [0, 0.1) is 11.3 Å². The Morgan fingerprint density at radius 2 is 2.21 bits per heavy atom. The molecule has 0 aliphatic carbocycles. The molecule has 1 aliphatic heterocycles. The van der Waals surface area contributed by atoms with Crippen LogP contribution < -0.4 is 10.1 Å². The Morgan fingerprint density at radius 1 is 1.41 bits per heavy atom. The summed E-state index contributed by atoms with van der Waals surface area (Å²) in [5.74, 6) is 0.112. The second kappa shape index (κ2) is 9.12. The van der Waals surface area contributed by atoms with Gasteiger partial charge in [-0.3, -0.25) is 9.59 Å². The van der Waals surface area contributed by atoms with Crippen molar-refractivity contribution >= 4 is 18.1 Å². The van der Waals surface area contributed by atoms with Crippen molar-refractivity contribution in [3.8, 4) is 22.9 Å². The molecule has 1 aliphatic rings. The SMILES string of the molecule is N#Cc1cc(-c2ccnc(NC=O)c2)ccc1OC1CCN(C(=O)CO)CC1F. The van der Waals surface area contributed by atoms with Gasteiger partial charge in [0.15, 0.2) is 6.17 Å². The molecule has 3 rings (SSSR count). The lowest BCUT2D eigenvalue weighted by Crippen LogP contribution is -2.50. The van der Waals surface area contributed by atoms with E-state index in [2.05, 4.69) is 16.4 Å². The first-order valence-electron chi connectivity index (χ1n) is 8.96. The Bertz CT molecular complexity index is 946. The fourth-order valence-electron chi connectivity index (χ4n) is 3.15. The molecular weight excluding hydrogens is 379 g/mol. The zero-order valence-electron chi connectivity index (χ0n) is 15.4. The number of nitrogens with zero attached hydrogens (tertiary/aromatic N) is 3. The molecule has 1 aromatic carbocycles. The van der Waals surface area contributed by atoms with Gasteiger partial charge in [-0.25, -0.2) is 9.37 Å². The molecule has 29 heavy (non-hydrogen) atoms. The Kier molecular flexibility index (Phi) is 6.36. The number of ether oxygens (including phenoxy) is 1. The summed E-state index contributed by atoms with van der Waals surface area (Å²) in [5, 5.41) is 20.9. The summed E-state index contributed by atoms with van der Waals surface area (Å²) in [6, 6.07) is 10.4. The van der Waals surface area contributed by atoms with E-state index in [-0.39, 0.29) is 30.8 Å². The standard InChI is InChI=1S/C20H19FN4O4/c21-16-10-25(20(28)11-26)6-4-18(16)29-17-2-1-13(7-15(17)9-22)14-3-5-23-19(8-14)24-12-27/h1-3,5,7-8,12,16,18,26H,4,6,10-11H2,(H,23,24,27). The molecule has 0 saturated carbocycles. The molecule has 0 radical (unpaired) electrons. The molecule has 2 unspecified atom stereocenters. The van der Waals surface area contributed by atoms with Crippen molar-refractivity contribution in [1.29, 1.82) is 5.26 Å². The second-order valence-corrected chi connectivity index (χ2v) is 6.47. The molecule has 2 atom stereocenters.